The van der Waals surface area contributed by atoms with Crippen LogP contribution >= 0.6 is 11.3 Å². The van der Waals surface area contributed by atoms with Crippen molar-refractivity contribution in [2.24, 2.45) is 12.0 Å². The molecule has 0 unspecified atom stereocenters. The Balaban J connectivity index is 1.86. The van der Waals surface area contributed by atoms with E-state index in [2.05, 4.69) is 10.3 Å². The zero-order chi connectivity index (χ0) is 15.1. The third-order valence-electron chi connectivity index (χ3n) is 2.62. The van der Waals surface area contributed by atoms with Gasteiger partial charge in [-0.3, -0.25) is 9.59 Å². The Kier molecular flexibility index (Phi) is 5.22. The van der Waals surface area contributed by atoms with Gasteiger partial charge in [0.2, 0.25) is 5.91 Å². The summed E-state index contributed by atoms with van der Waals surface area (Å²) >= 11 is 1.37. The highest BCUT2D eigenvalue weighted by Gasteiger charge is 2.02. The number of carbonyl (C=O) groups excluding carboxylic acids is 2. The molecule has 5 nitrogen and oxygen atoms in total. The van der Waals surface area contributed by atoms with Crippen molar-refractivity contribution in [2.75, 3.05) is 6.54 Å². The molecular formula is C15H15N3O2S. The minimum atomic E-state index is -0.380. The predicted molar refractivity (Wildman–Crippen MR) is 82.3 cm³/mol. The van der Waals surface area contributed by atoms with Crippen LogP contribution in [0, 0.1) is 0 Å². The van der Waals surface area contributed by atoms with Gasteiger partial charge in [0.05, 0.1) is 6.54 Å². The lowest BCUT2D eigenvalue weighted by atomic mass is 10.2. The van der Waals surface area contributed by atoms with Gasteiger partial charge in [0.25, 0.3) is 5.91 Å². The zero-order valence-corrected chi connectivity index (χ0v) is 12.3. The minimum absolute atomic E-state index is 0.115. The fourth-order valence-electron chi connectivity index (χ4n) is 1.54. The van der Waals surface area contributed by atoms with Gasteiger partial charge in [-0.2, -0.15) is 4.99 Å². The van der Waals surface area contributed by atoms with Crippen LogP contribution < -0.4 is 10.1 Å². The molecule has 0 radical (unpaired) electrons. The summed E-state index contributed by atoms with van der Waals surface area (Å²) in [5.74, 6) is -0.701. The van der Waals surface area contributed by atoms with Gasteiger partial charge >= 0.3 is 0 Å². The molecule has 0 aliphatic rings. The standard InChI is InChI=1S/C15H15N3O2S/c1-18-9-10-21-15(18)17-14(20)11-16-13(19)8-7-12-5-3-2-4-6-12/h2-10H,11H2,1H3,(H,16,19). The van der Waals surface area contributed by atoms with Gasteiger partial charge in [0.1, 0.15) is 0 Å². The van der Waals surface area contributed by atoms with Gasteiger partial charge in [0.15, 0.2) is 4.80 Å². The lowest BCUT2D eigenvalue weighted by Crippen LogP contribution is -2.28. The highest BCUT2D eigenvalue weighted by molar-refractivity contribution is 7.07. The number of hydrogen-bond acceptors (Lipinski definition) is 3. The van der Waals surface area contributed by atoms with Gasteiger partial charge in [-0.1, -0.05) is 30.3 Å². The number of aryl methyl sites for hydroxylation is 1. The second-order valence-corrected chi connectivity index (χ2v) is 5.14. The predicted octanol–water partition coefficient (Wildman–Crippen LogP) is 1.34. The molecule has 0 bridgehead atoms. The maximum atomic E-state index is 11.6. The average molecular weight is 301 g/mol. The van der Waals surface area contributed by atoms with Crippen molar-refractivity contribution in [1.82, 2.24) is 9.88 Å². The Morgan fingerprint density at radius 2 is 2.10 bits per heavy atom. The summed E-state index contributed by atoms with van der Waals surface area (Å²) in [5, 5.41) is 4.35. The monoisotopic (exact) mass is 301 g/mol. The summed E-state index contributed by atoms with van der Waals surface area (Å²) in [6, 6.07) is 9.46. The molecular weight excluding hydrogens is 286 g/mol. The van der Waals surface area contributed by atoms with Crippen molar-refractivity contribution in [3.05, 3.63) is 58.3 Å². The molecule has 0 aliphatic carbocycles. The van der Waals surface area contributed by atoms with Crippen molar-refractivity contribution in [2.45, 2.75) is 0 Å². The van der Waals surface area contributed by atoms with E-state index in [1.54, 1.807) is 10.6 Å². The SMILES string of the molecule is Cn1ccsc1=NC(=O)CNC(=O)C=Cc1ccccc1. The van der Waals surface area contributed by atoms with Gasteiger partial charge < -0.3 is 9.88 Å². The fourth-order valence-corrected chi connectivity index (χ4v) is 2.29. The van der Waals surface area contributed by atoms with Crippen LogP contribution in [0.5, 0.6) is 0 Å². The van der Waals surface area contributed by atoms with Gasteiger partial charge in [-0.15, -0.1) is 11.3 Å². The maximum Gasteiger partial charge on any atom is 0.267 e. The van der Waals surface area contributed by atoms with Crippen molar-refractivity contribution in [1.29, 1.82) is 0 Å². The molecule has 2 aromatic rings. The lowest BCUT2D eigenvalue weighted by molar-refractivity contribution is -0.122. The molecule has 0 saturated heterocycles. The van der Waals surface area contributed by atoms with E-state index in [4.69, 9.17) is 0 Å². The summed E-state index contributed by atoms with van der Waals surface area (Å²) in [5.41, 5.74) is 0.925. The minimum Gasteiger partial charge on any atom is -0.343 e. The Morgan fingerprint density at radius 3 is 2.76 bits per heavy atom. The Morgan fingerprint density at radius 1 is 1.33 bits per heavy atom. The van der Waals surface area contributed by atoms with Crippen LogP contribution in [0.4, 0.5) is 0 Å². The van der Waals surface area contributed by atoms with E-state index in [9.17, 15) is 9.59 Å². The van der Waals surface area contributed by atoms with E-state index in [1.165, 1.54) is 17.4 Å². The number of nitrogens with zero attached hydrogens (tertiary/aromatic N) is 2. The van der Waals surface area contributed by atoms with Crippen molar-refractivity contribution < 1.29 is 9.59 Å². The molecule has 2 rings (SSSR count). The average Bonchev–Trinajstić information content (AvgIpc) is 2.89. The third-order valence-corrected chi connectivity index (χ3v) is 3.47. The molecule has 0 atom stereocenters. The highest BCUT2D eigenvalue weighted by atomic mass is 32.1. The summed E-state index contributed by atoms with van der Waals surface area (Å²) in [6.45, 7) is -0.115. The maximum absolute atomic E-state index is 11.6. The normalized spacial score (nSPS) is 11.8. The van der Waals surface area contributed by atoms with Crippen LogP contribution in [-0.4, -0.2) is 22.9 Å². The van der Waals surface area contributed by atoms with E-state index < -0.39 is 0 Å². The largest absolute Gasteiger partial charge is 0.343 e. The molecule has 0 spiro atoms. The molecule has 2 amide bonds. The highest BCUT2D eigenvalue weighted by Crippen LogP contribution is 2.00. The first-order valence-electron chi connectivity index (χ1n) is 6.34. The van der Waals surface area contributed by atoms with Crippen LogP contribution in [0.25, 0.3) is 6.08 Å². The van der Waals surface area contributed by atoms with E-state index >= 15 is 0 Å². The molecule has 1 aromatic carbocycles. The summed E-state index contributed by atoms with van der Waals surface area (Å²) < 4.78 is 1.75. The van der Waals surface area contributed by atoms with Crippen molar-refractivity contribution in [3.8, 4) is 0 Å². The fraction of sp³-hybridized carbons (Fsp3) is 0.133. The molecule has 6 heteroatoms. The first-order valence-corrected chi connectivity index (χ1v) is 7.22. The number of nitrogens with one attached hydrogen (secondary N) is 1. The van der Waals surface area contributed by atoms with E-state index in [0.29, 0.717) is 4.80 Å². The van der Waals surface area contributed by atoms with E-state index in [1.807, 2.05) is 49.0 Å². The number of thiazole rings is 1. The molecule has 1 heterocycles. The number of aromatic nitrogens is 1. The number of benzene rings is 1. The van der Waals surface area contributed by atoms with Crippen LogP contribution in [0.1, 0.15) is 5.56 Å². The third kappa shape index (κ3) is 4.85. The lowest BCUT2D eigenvalue weighted by Gasteiger charge is -1.97. The number of carbonyl (C=O) groups is 2. The first kappa shape index (κ1) is 14.9. The number of hydrogen-bond donors (Lipinski definition) is 1. The number of amides is 2. The molecule has 1 N–H and O–H groups in total. The molecule has 108 valence electrons. The topological polar surface area (TPSA) is 63.5 Å². The molecule has 0 aliphatic heterocycles. The molecule has 0 fully saturated rings. The van der Waals surface area contributed by atoms with Crippen LogP contribution in [0.2, 0.25) is 0 Å². The Hall–Kier alpha value is -2.47. The van der Waals surface area contributed by atoms with Crippen LogP contribution in [0.15, 0.2) is 53.0 Å². The van der Waals surface area contributed by atoms with E-state index in [-0.39, 0.29) is 18.4 Å². The molecule has 0 saturated carbocycles. The molecule has 21 heavy (non-hydrogen) atoms. The second-order valence-electron chi connectivity index (χ2n) is 4.26. The van der Waals surface area contributed by atoms with E-state index in [0.717, 1.165) is 5.56 Å². The second kappa shape index (κ2) is 7.35. The quantitative estimate of drug-likeness (QED) is 0.866. The van der Waals surface area contributed by atoms with Crippen molar-refractivity contribution in [3.63, 3.8) is 0 Å². The smallest absolute Gasteiger partial charge is 0.267 e. The van der Waals surface area contributed by atoms with Gasteiger partial charge in [-0.25, -0.2) is 0 Å². The Labute approximate surface area is 126 Å². The van der Waals surface area contributed by atoms with Crippen LogP contribution in [-0.2, 0) is 16.6 Å². The summed E-state index contributed by atoms with van der Waals surface area (Å²) in [4.78, 5) is 27.7. The summed E-state index contributed by atoms with van der Waals surface area (Å²) in [7, 11) is 1.81. The van der Waals surface area contributed by atoms with Crippen molar-refractivity contribution >= 4 is 29.2 Å². The Bertz CT molecular complexity index is 714. The first-order chi connectivity index (χ1) is 10.1. The number of rotatable bonds is 4. The van der Waals surface area contributed by atoms with Crippen LogP contribution in [0.3, 0.4) is 0 Å². The van der Waals surface area contributed by atoms with Gasteiger partial charge in [0, 0.05) is 24.7 Å². The zero-order valence-electron chi connectivity index (χ0n) is 11.5. The summed E-state index contributed by atoms with van der Waals surface area (Å²) in [6.07, 6.45) is 4.90. The molecule has 1 aromatic heterocycles. The van der Waals surface area contributed by atoms with Gasteiger partial charge in [-0.05, 0) is 11.6 Å².